The number of carbonyl (C=O) groups is 1. The molecule has 0 aliphatic carbocycles. The quantitative estimate of drug-likeness (QED) is 0.455. The van der Waals surface area contributed by atoms with Gasteiger partial charge in [0, 0.05) is 23.7 Å². The SMILES string of the molecule is CC(C)c1cc2ccccn2c1C(=O)c1ccc(OCCC[NH2+]C(C)(C)C)cc1. The van der Waals surface area contributed by atoms with Crippen LogP contribution >= 0.6 is 0 Å². The van der Waals surface area contributed by atoms with Gasteiger partial charge in [-0.25, -0.2) is 0 Å². The minimum absolute atomic E-state index is 0.0474. The van der Waals surface area contributed by atoms with Crippen molar-refractivity contribution in [3.63, 3.8) is 0 Å². The maximum Gasteiger partial charge on any atom is 0.210 e. The molecule has 0 spiro atoms. The van der Waals surface area contributed by atoms with E-state index >= 15 is 0 Å². The molecule has 0 bridgehead atoms. The summed E-state index contributed by atoms with van der Waals surface area (Å²) in [5, 5.41) is 2.33. The maximum absolute atomic E-state index is 13.3. The Morgan fingerprint density at radius 1 is 1.10 bits per heavy atom. The zero-order chi connectivity index (χ0) is 21.0. The summed E-state index contributed by atoms with van der Waals surface area (Å²) in [6, 6.07) is 15.6. The van der Waals surface area contributed by atoms with Gasteiger partial charge >= 0.3 is 0 Å². The summed E-state index contributed by atoms with van der Waals surface area (Å²) in [7, 11) is 0. The molecule has 0 atom stereocenters. The van der Waals surface area contributed by atoms with Crippen molar-refractivity contribution in [3.8, 4) is 5.75 Å². The molecule has 0 aliphatic heterocycles. The molecule has 29 heavy (non-hydrogen) atoms. The van der Waals surface area contributed by atoms with Crippen molar-refractivity contribution in [2.75, 3.05) is 13.2 Å². The van der Waals surface area contributed by atoms with Crippen LogP contribution in [-0.2, 0) is 0 Å². The second-order valence-electron chi connectivity index (χ2n) is 9.01. The van der Waals surface area contributed by atoms with Gasteiger partial charge in [-0.15, -0.1) is 0 Å². The standard InChI is InChI=1S/C25H32N2O2/c1-18(2)22-17-20-9-6-7-15-27(20)23(22)24(28)19-10-12-21(13-11-19)29-16-8-14-26-25(3,4)5/h6-7,9-13,15,17-18,26H,8,14,16H2,1-5H3/p+1. The molecule has 0 amide bonds. The molecular formula is C25H33N2O2+. The van der Waals surface area contributed by atoms with Crippen LogP contribution in [0, 0.1) is 0 Å². The number of carbonyl (C=O) groups excluding carboxylic acids is 1. The first-order chi connectivity index (χ1) is 13.8. The van der Waals surface area contributed by atoms with Crippen LogP contribution in [0.5, 0.6) is 5.75 Å². The predicted molar refractivity (Wildman–Crippen MR) is 118 cm³/mol. The second kappa shape index (κ2) is 8.83. The van der Waals surface area contributed by atoms with E-state index in [1.165, 1.54) is 0 Å². The lowest BCUT2D eigenvalue weighted by atomic mass is 9.98. The van der Waals surface area contributed by atoms with Gasteiger partial charge in [-0.2, -0.15) is 0 Å². The van der Waals surface area contributed by atoms with Crippen molar-refractivity contribution in [2.45, 2.75) is 52.5 Å². The van der Waals surface area contributed by atoms with Gasteiger partial charge in [0.05, 0.1) is 24.4 Å². The number of hydrogen-bond donors (Lipinski definition) is 1. The van der Waals surface area contributed by atoms with Crippen LogP contribution < -0.4 is 10.1 Å². The van der Waals surface area contributed by atoms with Gasteiger partial charge in [-0.3, -0.25) is 4.79 Å². The third-order valence-corrected chi connectivity index (χ3v) is 5.04. The summed E-state index contributed by atoms with van der Waals surface area (Å²) in [4.78, 5) is 13.3. The predicted octanol–water partition coefficient (Wildman–Crippen LogP) is 4.42. The number of fused-ring (bicyclic) bond motifs is 1. The summed E-state index contributed by atoms with van der Waals surface area (Å²) in [5.41, 5.74) is 3.81. The van der Waals surface area contributed by atoms with Gasteiger partial charge in [-0.1, -0.05) is 19.9 Å². The maximum atomic E-state index is 13.3. The van der Waals surface area contributed by atoms with Gasteiger partial charge < -0.3 is 14.5 Å². The van der Waals surface area contributed by atoms with Crippen LogP contribution in [0.15, 0.2) is 54.7 Å². The average molecular weight is 394 g/mol. The normalized spacial score (nSPS) is 11.9. The lowest BCUT2D eigenvalue weighted by Crippen LogP contribution is -2.94. The summed E-state index contributed by atoms with van der Waals surface area (Å²) < 4.78 is 7.84. The van der Waals surface area contributed by atoms with E-state index in [4.69, 9.17) is 4.74 Å². The smallest absolute Gasteiger partial charge is 0.210 e. The monoisotopic (exact) mass is 393 g/mol. The Hall–Kier alpha value is -2.59. The molecule has 0 aliphatic rings. The number of quaternary nitrogens is 1. The molecule has 2 heterocycles. The number of nitrogens with zero attached hydrogens (tertiary/aromatic N) is 1. The first kappa shape index (κ1) is 21.1. The molecule has 4 heteroatoms. The van der Waals surface area contributed by atoms with E-state index in [1.54, 1.807) is 0 Å². The highest BCUT2D eigenvalue weighted by Gasteiger charge is 2.20. The van der Waals surface area contributed by atoms with Gasteiger partial charge in [0.2, 0.25) is 5.78 Å². The number of hydrogen-bond acceptors (Lipinski definition) is 2. The van der Waals surface area contributed by atoms with Gasteiger partial charge in [0.1, 0.15) is 5.75 Å². The first-order valence-corrected chi connectivity index (χ1v) is 10.5. The number of ketones is 1. The zero-order valence-electron chi connectivity index (χ0n) is 18.2. The van der Waals surface area contributed by atoms with E-state index in [1.807, 2.05) is 53.1 Å². The van der Waals surface area contributed by atoms with Crippen LogP contribution in [0.1, 0.15) is 68.6 Å². The number of ether oxygens (including phenoxy) is 1. The Kier molecular flexibility index (Phi) is 6.43. The number of aromatic nitrogens is 1. The minimum Gasteiger partial charge on any atom is -0.493 e. The van der Waals surface area contributed by atoms with Crippen LogP contribution in [-0.4, -0.2) is 28.9 Å². The fourth-order valence-electron chi connectivity index (χ4n) is 3.47. The van der Waals surface area contributed by atoms with Gasteiger partial charge in [0.25, 0.3) is 0 Å². The van der Waals surface area contributed by atoms with Gasteiger partial charge in [-0.05, 0) is 74.7 Å². The van der Waals surface area contributed by atoms with Crippen molar-refractivity contribution in [1.82, 2.24) is 4.40 Å². The van der Waals surface area contributed by atoms with E-state index in [9.17, 15) is 4.79 Å². The molecule has 0 saturated carbocycles. The number of nitrogens with two attached hydrogens (primary N) is 1. The zero-order valence-corrected chi connectivity index (χ0v) is 18.2. The van der Waals surface area contributed by atoms with Crippen LogP contribution in [0.3, 0.4) is 0 Å². The first-order valence-electron chi connectivity index (χ1n) is 10.5. The van der Waals surface area contributed by atoms with E-state index < -0.39 is 0 Å². The van der Waals surface area contributed by atoms with Crippen molar-refractivity contribution in [3.05, 3.63) is 71.5 Å². The number of pyridine rings is 1. The van der Waals surface area contributed by atoms with Crippen molar-refractivity contribution in [1.29, 1.82) is 0 Å². The molecule has 154 valence electrons. The highest BCUT2D eigenvalue weighted by molar-refractivity contribution is 6.09. The van der Waals surface area contributed by atoms with Crippen molar-refractivity contribution < 1.29 is 14.8 Å². The Morgan fingerprint density at radius 3 is 2.48 bits per heavy atom. The Labute approximate surface area is 173 Å². The third kappa shape index (κ3) is 5.27. The topological polar surface area (TPSA) is 47.3 Å². The Morgan fingerprint density at radius 2 is 1.83 bits per heavy atom. The average Bonchev–Trinajstić information content (AvgIpc) is 3.07. The molecule has 2 N–H and O–H groups in total. The molecule has 0 unspecified atom stereocenters. The molecule has 1 aromatic carbocycles. The highest BCUT2D eigenvalue weighted by atomic mass is 16.5. The van der Waals surface area contributed by atoms with E-state index in [2.05, 4.69) is 46.0 Å². The summed E-state index contributed by atoms with van der Waals surface area (Å²) >= 11 is 0. The summed E-state index contributed by atoms with van der Waals surface area (Å²) in [5.74, 6) is 1.13. The number of rotatable bonds is 8. The second-order valence-corrected chi connectivity index (χ2v) is 9.01. The Bertz CT molecular complexity index is 963. The van der Waals surface area contributed by atoms with E-state index in [0.717, 1.165) is 35.5 Å². The molecular weight excluding hydrogens is 360 g/mol. The minimum atomic E-state index is 0.0474. The van der Waals surface area contributed by atoms with E-state index in [-0.39, 0.29) is 17.2 Å². The number of benzene rings is 1. The van der Waals surface area contributed by atoms with Crippen LogP contribution in [0.4, 0.5) is 0 Å². The summed E-state index contributed by atoms with van der Waals surface area (Å²) in [6.07, 6.45) is 2.95. The molecule has 4 nitrogen and oxygen atoms in total. The third-order valence-electron chi connectivity index (χ3n) is 5.04. The molecule has 0 fully saturated rings. The molecule has 0 saturated heterocycles. The fourth-order valence-corrected chi connectivity index (χ4v) is 3.47. The van der Waals surface area contributed by atoms with E-state index in [0.29, 0.717) is 12.2 Å². The highest BCUT2D eigenvalue weighted by Crippen LogP contribution is 2.27. The lowest BCUT2D eigenvalue weighted by molar-refractivity contribution is -0.717. The van der Waals surface area contributed by atoms with Crippen LogP contribution in [0.25, 0.3) is 5.52 Å². The molecule has 3 rings (SSSR count). The fraction of sp³-hybridized carbons (Fsp3) is 0.400. The summed E-state index contributed by atoms with van der Waals surface area (Å²) in [6.45, 7) is 12.6. The lowest BCUT2D eigenvalue weighted by Gasteiger charge is -2.16. The van der Waals surface area contributed by atoms with Crippen molar-refractivity contribution in [2.24, 2.45) is 0 Å². The Balaban J connectivity index is 1.70. The molecule has 0 radical (unpaired) electrons. The largest absolute Gasteiger partial charge is 0.493 e. The van der Waals surface area contributed by atoms with Crippen LogP contribution in [0.2, 0.25) is 0 Å². The molecule has 3 aromatic rings. The van der Waals surface area contributed by atoms with Gasteiger partial charge in [0.15, 0.2) is 0 Å². The van der Waals surface area contributed by atoms with Crippen molar-refractivity contribution >= 4 is 11.3 Å². The molecule has 2 aromatic heterocycles.